The van der Waals surface area contributed by atoms with Crippen molar-refractivity contribution < 1.29 is 23.5 Å². The molecule has 2 heterocycles. The SMILES string of the molecule is CC1CN(c2ccc(CNC(=O)N3CCCC(NC(=O)OC(C)(C)C)C3)cc2F)CC(C)O1. The largest absolute Gasteiger partial charge is 0.444 e. The number of benzene rings is 1. The van der Waals surface area contributed by atoms with E-state index in [4.69, 9.17) is 9.47 Å². The monoisotopic (exact) mass is 464 g/mol. The molecule has 3 rings (SSSR count). The van der Waals surface area contributed by atoms with Crippen molar-refractivity contribution in [2.75, 3.05) is 31.1 Å². The van der Waals surface area contributed by atoms with Crippen LogP contribution in [0.2, 0.25) is 0 Å². The van der Waals surface area contributed by atoms with E-state index >= 15 is 0 Å². The number of halogens is 1. The van der Waals surface area contributed by atoms with Crippen molar-refractivity contribution in [3.8, 4) is 0 Å². The van der Waals surface area contributed by atoms with Crippen molar-refractivity contribution in [1.82, 2.24) is 15.5 Å². The minimum atomic E-state index is -0.571. The quantitative estimate of drug-likeness (QED) is 0.711. The van der Waals surface area contributed by atoms with Gasteiger partial charge in [0.25, 0.3) is 0 Å². The highest BCUT2D eigenvalue weighted by Crippen LogP contribution is 2.24. The summed E-state index contributed by atoms with van der Waals surface area (Å²) in [6, 6.07) is 4.69. The summed E-state index contributed by atoms with van der Waals surface area (Å²) in [5, 5.41) is 5.70. The molecule has 1 aromatic carbocycles. The van der Waals surface area contributed by atoms with Crippen LogP contribution in [0.15, 0.2) is 18.2 Å². The van der Waals surface area contributed by atoms with Crippen molar-refractivity contribution in [3.05, 3.63) is 29.6 Å². The van der Waals surface area contributed by atoms with Crippen LogP contribution in [0, 0.1) is 5.82 Å². The smallest absolute Gasteiger partial charge is 0.407 e. The Morgan fingerprint density at radius 3 is 2.52 bits per heavy atom. The Hall–Kier alpha value is -2.55. The molecule has 0 spiro atoms. The molecule has 0 aliphatic carbocycles. The lowest BCUT2D eigenvalue weighted by Crippen LogP contribution is -2.52. The van der Waals surface area contributed by atoms with E-state index in [9.17, 15) is 14.0 Å². The van der Waals surface area contributed by atoms with Gasteiger partial charge in [-0.15, -0.1) is 0 Å². The van der Waals surface area contributed by atoms with E-state index in [1.807, 2.05) is 45.6 Å². The van der Waals surface area contributed by atoms with Crippen LogP contribution >= 0.6 is 0 Å². The number of hydrogen-bond acceptors (Lipinski definition) is 5. The van der Waals surface area contributed by atoms with Crippen LogP contribution in [0.3, 0.4) is 0 Å². The summed E-state index contributed by atoms with van der Waals surface area (Å²) in [5.41, 5.74) is 0.678. The van der Waals surface area contributed by atoms with Crippen molar-refractivity contribution >= 4 is 17.8 Å². The molecule has 0 radical (unpaired) electrons. The number of nitrogens with one attached hydrogen (secondary N) is 2. The molecule has 3 unspecified atom stereocenters. The molecular formula is C24H37FN4O4. The zero-order valence-electron chi connectivity index (χ0n) is 20.3. The van der Waals surface area contributed by atoms with Gasteiger partial charge < -0.3 is 29.9 Å². The van der Waals surface area contributed by atoms with Gasteiger partial charge >= 0.3 is 12.1 Å². The molecule has 0 bridgehead atoms. The number of likely N-dealkylation sites (tertiary alicyclic amines) is 1. The number of anilines is 1. The highest BCUT2D eigenvalue weighted by atomic mass is 19.1. The molecule has 3 atom stereocenters. The van der Waals surface area contributed by atoms with Gasteiger partial charge in [0.1, 0.15) is 11.4 Å². The maximum Gasteiger partial charge on any atom is 0.407 e. The molecular weight excluding hydrogens is 427 g/mol. The molecule has 2 N–H and O–H groups in total. The summed E-state index contributed by atoms with van der Waals surface area (Å²) in [4.78, 5) is 28.4. The van der Waals surface area contributed by atoms with Gasteiger partial charge in [0.2, 0.25) is 0 Å². The third-order valence-electron chi connectivity index (χ3n) is 5.65. The molecule has 33 heavy (non-hydrogen) atoms. The lowest BCUT2D eigenvalue weighted by molar-refractivity contribution is -0.00540. The number of morpholine rings is 1. The highest BCUT2D eigenvalue weighted by Gasteiger charge is 2.27. The Morgan fingerprint density at radius 2 is 1.88 bits per heavy atom. The first kappa shape index (κ1) is 25.1. The Kier molecular flexibility index (Phi) is 8.05. The van der Waals surface area contributed by atoms with Crippen LogP contribution in [0.25, 0.3) is 0 Å². The predicted octanol–water partition coefficient (Wildman–Crippen LogP) is 3.64. The molecule has 1 aromatic rings. The van der Waals surface area contributed by atoms with Gasteiger partial charge in [-0.2, -0.15) is 0 Å². The van der Waals surface area contributed by atoms with Gasteiger partial charge in [0, 0.05) is 38.8 Å². The molecule has 0 aromatic heterocycles. The third kappa shape index (κ3) is 7.48. The number of rotatable bonds is 4. The van der Waals surface area contributed by atoms with Crippen LogP contribution in [-0.2, 0) is 16.0 Å². The Morgan fingerprint density at radius 1 is 1.18 bits per heavy atom. The third-order valence-corrected chi connectivity index (χ3v) is 5.65. The molecule has 2 aliphatic rings. The second kappa shape index (κ2) is 10.6. The maximum absolute atomic E-state index is 14.8. The van der Waals surface area contributed by atoms with E-state index in [0.29, 0.717) is 37.4 Å². The number of nitrogens with zero attached hydrogens (tertiary/aromatic N) is 2. The van der Waals surface area contributed by atoms with Gasteiger partial charge in [-0.05, 0) is 65.2 Å². The molecule has 2 saturated heterocycles. The van der Waals surface area contributed by atoms with E-state index in [1.54, 1.807) is 11.0 Å². The van der Waals surface area contributed by atoms with Gasteiger partial charge in [-0.25, -0.2) is 14.0 Å². The first-order valence-corrected chi connectivity index (χ1v) is 11.7. The first-order chi connectivity index (χ1) is 15.5. The molecule has 8 nitrogen and oxygen atoms in total. The number of piperidine rings is 1. The fourth-order valence-electron chi connectivity index (χ4n) is 4.33. The van der Waals surface area contributed by atoms with Crippen molar-refractivity contribution in [2.24, 2.45) is 0 Å². The minimum Gasteiger partial charge on any atom is -0.444 e. The zero-order valence-corrected chi connectivity index (χ0v) is 20.3. The number of hydrogen-bond donors (Lipinski definition) is 2. The fourth-order valence-corrected chi connectivity index (χ4v) is 4.33. The van der Waals surface area contributed by atoms with Crippen molar-refractivity contribution in [2.45, 2.75) is 77.9 Å². The van der Waals surface area contributed by atoms with Gasteiger partial charge in [-0.1, -0.05) is 6.07 Å². The first-order valence-electron chi connectivity index (χ1n) is 11.7. The summed E-state index contributed by atoms with van der Waals surface area (Å²) >= 11 is 0. The molecule has 3 amide bonds. The Labute approximate surface area is 195 Å². The maximum atomic E-state index is 14.8. The van der Waals surface area contributed by atoms with Crippen molar-refractivity contribution in [1.29, 1.82) is 0 Å². The average molecular weight is 465 g/mol. The molecule has 2 aliphatic heterocycles. The topological polar surface area (TPSA) is 83.1 Å². The molecule has 2 fully saturated rings. The normalized spacial score (nSPS) is 23.8. The van der Waals surface area contributed by atoms with Gasteiger partial charge in [0.15, 0.2) is 0 Å². The van der Waals surface area contributed by atoms with Crippen LogP contribution in [-0.4, -0.2) is 67.1 Å². The molecule has 184 valence electrons. The van der Waals surface area contributed by atoms with E-state index in [-0.39, 0.29) is 36.6 Å². The summed E-state index contributed by atoms with van der Waals surface area (Å²) in [6.45, 7) is 11.9. The van der Waals surface area contributed by atoms with Crippen LogP contribution < -0.4 is 15.5 Å². The number of alkyl carbamates (subject to hydrolysis) is 1. The number of urea groups is 1. The van der Waals surface area contributed by atoms with Crippen LogP contribution in [0.4, 0.5) is 19.7 Å². The standard InChI is InChI=1S/C24H37FN4O4/c1-16-13-29(14-17(2)32-16)21-9-8-18(11-20(21)25)12-26-22(30)28-10-6-7-19(15-28)27-23(31)33-24(3,4)5/h8-9,11,16-17,19H,6-7,10,12-15H2,1-5H3,(H,26,30)(H,27,31). The number of carbonyl (C=O) groups excluding carboxylic acids is 2. The Balaban J connectivity index is 1.51. The van der Waals surface area contributed by atoms with Crippen LogP contribution in [0.5, 0.6) is 0 Å². The second-order valence-electron chi connectivity index (χ2n) is 10.0. The number of carbonyl (C=O) groups is 2. The highest BCUT2D eigenvalue weighted by molar-refractivity contribution is 5.74. The van der Waals surface area contributed by atoms with Crippen LogP contribution in [0.1, 0.15) is 53.0 Å². The van der Waals surface area contributed by atoms with Crippen molar-refractivity contribution in [3.63, 3.8) is 0 Å². The summed E-state index contributed by atoms with van der Waals surface area (Å²) in [7, 11) is 0. The Bertz CT molecular complexity index is 834. The van der Waals surface area contributed by atoms with Gasteiger partial charge in [0.05, 0.1) is 17.9 Å². The fraction of sp³-hybridized carbons (Fsp3) is 0.667. The lowest BCUT2D eigenvalue weighted by Gasteiger charge is -2.37. The van der Waals surface area contributed by atoms with E-state index in [0.717, 1.165) is 12.8 Å². The van der Waals surface area contributed by atoms with E-state index in [1.165, 1.54) is 6.07 Å². The summed E-state index contributed by atoms with van der Waals surface area (Å²) in [6.07, 6.45) is 1.19. The summed E-state index contributed by atoms with van der Waals surface area (Å²) < 4.78 is 25.8. The minimum absolute atomic E-state index is 0.0466. The summed E-state index contributed by atoms with van der Waals surface area (Å²) in [5.74, 6) is -0.303. The van der Waals surface area contributed by atoms with Gasteiger partial charge in [-0.3, -0.25) is 0 Å². The number of amides is 3. The zero-order chi connectivity index (χ0) is 24.2. The molecule has 0 saturated carbocycles. The second-order valence-corrected chi connectivity index (χ2v) is 10.0. The lowest BCUT2D eigenvalue weighted by atomic mass is 10.1. The number of ether oxygens (including phenoxy) is 2. The average Bonchev–Trinajstić information content (AvgIpc) is 2.70. The van der Waals surface area contributed by atoms with E-state index < -0.39 is 11.7 Å². The van der Waals surface area contributed by atoms with E-state index in [2.05, 4.69) is 10.6 Å². The predicted molar refractivity (Wildman–Crippen MR) is 125 cm³/mol. The molecule has 9 heteroatoms.